The molecule has 0 unspecified atom stereocenters. The lowest BCUT2D eigenvalue weighted by Crippen LogP contribution is -2.31. The van der Waals surface area contributed by atoms with Crippen LogP contribution in [0.1, 0.15) is 30.8 Å². The van der Waals surface area contributed by atoms with Gasteiger partial charge in [-0.25, -0.2) is 13.1 Å². The molecular weight excluding hydrogens is 266 g/mol. The first-order chi connectivity index (χ1) is 8.94. The van der Waals surface area contributed by atoms with Crippen molar-refractivity contribution >= 4 is 22.0 Å². The molecule has 19 heavy (non-hydrogen) atoms. The van der Waals surface area contributed by atoms with Crippen LogP contribution in [0.3, 0.4) is 0 Å². The molecule has 1 N–H and O–H groups in total. The number of sulfonamides is 1. The molecule has 104 valence electrons. The second kappa shape index (κ2) is 5.61. The van der Waals surface area contributed by atoms with Gasteiger partial charge in [0, 0.05) is 6.08 Å². The van der Waals surface area contributed by atoms with E-state index in [-0.39, 0.29) is 5.75 Å². The maximum Gasteiger partial charge on any atom is 0.257 e. The Hall–Kier alpha value is -1.56. The Morgan fingerprint density at radius 1 is 1.47 bits per heavy atom. The van der Waals surface area contributed by atoms with Gasteiger partial charge in [0.05, 0.1) is 5.75 Å². The smallest absolute Gasteiger partial charge is 0.257 e. The van der Waals surface area contributed by atoms with E-state index in [0.717, 1.165) is 24.7 Å². The lowest BCUT2D eigenvalue weighted by atomic mass is 10.3. The number of amides is 1. The zero-order valence-corrected chi connectivity index (χ0v) is 11.6. The first kappa shape index (κ1) is 13.9. The van der Waals surface area contributed by atoms with Gasteiger partial charge in [0.2, 0.25) is 10.0 Å². The Kier molecular flexibility index (Phi) is 4.09. The number of furan rings is 1. The summed E-state index contributed by atoms with van der Waals surface area (Å²) in [6.45, 7) is 1.79. The first-order valence-corrected chi connectivity index (χ1v) is 7.89. The van der Waals surface area contributed by atoms with Crippen molar-refractivity contribution in [3.05, 3.63) is 29.7 Å². The Labute approximate surface area is 112 Å². The predicted octanol–water partition coefficient (Wildman–Crippen LogP) is 1.85. The van der Waals surface area contributed by atoms with Crippen LogP contribution in [0.4, 0.5) is 0 Å². The molecule has 1 aromatic rings. The van der Waals surface area contributed by atoms with Crippen molar-refractivity contribution in [1.29, 1.82) is 0 Å². The molecular formula is C13H17NO4S. The van der Waals surface area contributed by atoms with E-state index in [2.05, 4.69) is 0 Å². The van der Waals surface area contributed by atoms with Crippen molar-refractivity contribution in [2.45, 2.75) is 26.2 Å². The first-order valence-electron chi connectivity index (χ1n) is 6.23. The normalized spacial score (nSPS) is 15.8. The number of carbonyl (C=O) groups excluding carboxylic acids is 1. The van der Waals surface area contributed by atoms with Gasteiger partial charge in [-0.2, -0.15) is 0 Å². The number of aryl methyl sites for hydroxylation is 1. The Balaban J connectivity index is 1.84. The Morgan fingerprint density at radius 2 is 2.21 bits per heavy atom. The number of carbonyl (C=O) groups is 1. The van der Waals surface area contributed by atoms with E-state index in [4.69, 9.17) is 4.42 Å². The lowest BCUT2D eigenvalue weighted by molar-refractivity contribution is -0.114. The zero-order valence-electron chi connectivity index (χ0n) is 10.8. The molecule has 1 aliphatic rings. The van der Waals surface area contributed by atoms with Crippen molar-refractivity contribution in [2.24, 2.45) is 5.92 Å². The molecule has 0 spiro atoms. The molecule has 0 aliphatic heterocycles. The molecule has 0 bridgehead atoms. The maximum absolute atomic E-state index is 11.6. The third kappa shape index (κ3) is 4.90. The van der Waals surface area contributed by atoms with E-state index in [1.807, 2.05) is 4.72 Å². The largest absolute Gasteiger partial charge is 0.462 e. The number of hydrogen-bond acceptors (Lipinski definition) is 4. The molecule has 2 rings (SSSR count). The standard InChI is InChI=1S/C13H17NO4S/c1-10-2-5-12(18-10)6-7-13(15)14-19(16,17)9-8-11-3-4-11/h2,5-7,11H,3-4,8-9H2,1H3,(H,14,15)/b7-6+. The quantitative estimate of drug-likeness (QED) is 0.808. The highest BCUT2D eigenvalue weighted by atomic mass is 32.2. The van der Waals surface area contributed by atoms with Crippen LogP contribution in [0.25, 0.3) is 6.08 Å². The van der Waals surface area contributed by atoms with Crippen molar-refractivity contribution in [1.82, 2.24) is 4.72 Å². The van der Waals surface area contributed by atoms with E-state index < -0.39 is 15.9 Å². The van der Waals surface area contributed by atoms with E-state index in [1.165, 1.54) is 6.08 Å². The molecule has 1 aliphatic carbocycles. The third-order valence-electron chi connectivity index (χ3n) is 2.91. The fourth-order valence-electron chi connectivity index (χ4n) is 1.67. The maximum atomic E-state index is 11.6. The topological polar surface area (TPSA) is 76.4 Å². The number of nitrogens with one attached hydrogen (secondary N) is 1. The van der Waals surface area contributed by atoms with Crippen molar-refractivity contribution < 1.29 is 17.6 Å². The number of rotatable bonds is 6. The molecule has 6 heteroatoms. The van der Waals surface area contributed by atoms with Gasteiger partial charge in [0.1, 0.15) is 11.5 Å². The van der Waals surface area contributed by atoms with Gasteiger partial charge in [-0.05, 0) is 37.5 Å². The van der Waals surface area contributed by atoms with E-state index in [1.54, 1.807) is 19.1 Å². The summed E-state index contributed by atoms with van der Waals surface area (Å²) in [4.78, 5) is 11.5. The Bertz CT molecular complexity index is 582. The summed E-state index contributed by atoms with van der Waals surface area (Å²) in [5, 5.41) is 0. The van der Waals surface area contributed by atoms with Gasteiger partial charge in [0.25, 0.3) is 5.91 Å². The molecule has 1 aromatic heterocycles. The monoisotopic (exact) mass is 283 g/mol. The van der Waals surface area contributed by atoms with Gasteiger partial charge >= 0.3 is 0 Å². The average molecular weight is 283 g/mol. The summed E-state index contributed by atoms with van der Waals surface area (Å²) in [6.07, 6.45) is 5.43. The van der Waals surface area contributed by atoms with Crippen LogP contribution in [0.15, 0.2) is 22.6 Å². The molecule has 1 saturated carbocycles. The molecule has 1 fully saturated rings. The molecule has 1 amide bonds. The molecule has 0 radical (unpaired) electrons. The number of hydrogen-bond donors (Lipinski definition) is 1. The van der Waals surface area contributed by atoms with Crippen LogP contribution in [0.2, 0.25) is 0 Å². The highest BCUT2D eigenvalue weighted by Crippen LogP contribution is 2.32. The molecule has 0 saturated heterocycles. The summed E-state index contributed by atoms with van der Waals surface area (Å²) in [7, 11) is -3.52. The summed E-state index contributed by atoms with van der Waals surface area (Å²) in [6, 6.07) is 3.48. The fourth-order valence-corrected chi connectivity index (χ4v) is 2.79. The Morgan fingerprint density at radius 3 is 2.79 bits per heavy atom. The van der Waals surface area contributed by atoms with Crippen LogP contribution < -0.4 is 4.72 Å². The van der Waals surface area contributed by atoms with Crippen LogP contribution >= 0.6 is 0 Å². The molecule has 1 heterocycles. The van der Waals surface area contributed by atoms with Crippen molar-refractivity contribution in [3.63, 3.8) is 0 Å². The van der Waals surface area contributed by atoms with Crippen LogP contribution in [-0.2, 0) is 14.8 Å². The molecule has 0 atom stereocenters. The molecule has 0 aromatic carbocycles. The summed E-state index contributed by atoms with van der Waals surface area (Å²) >= 11 is 0. The minimum absolute atomic E-state index is 0.0110. The molecule has 5 nitrogen and oxygen atoms in total. The minimum atomic E-state index is -3.52. The average Bonchev–Trinajstić information content (AvgIpc) is 3.06. The predicted molar refractivity (Wildman–Crippen MR) is 71.7 cm³/mol. The lowest BCUT2D eigenvalue weighted by Gasteiger charge is -2.03. The van der Waals surface area contributed by atoms with Gasteiger partial charge in [-0.3, -0.25) is 4.79 Å². The second-order valence-corrected chi connectivity index (χ2v) is 6.64. The van der Waals surface area contributed by atoms with E-state index in [0.29, 0.717) is 18.1 Å². The fraction of sp³-hybridized carbons (Fsp3) is 0.462. The third-order valence-corrected chi connectivity index (χ3v) is 4.19. The van der Waals surface area contributed by atoms with Crippen LogP contribution in [0.5, 0.6) is 0 Å². The van der Waals surface area contributed by atoms with E-state index >= 15 is 0 Å². The summed E-state index contributed by atoms with van der Waals surface area (Å²) < 4.78 is 30.5. The zero-order chi connectivity index (χ0) is 13.9. The minimum Gasteiger partial charge on any atom is -0.462 e. The van der Waals surface area contributed by atoms with Crippen molar-refractivity contribution in [2.75, 3.05) is 5.75 Å². The van der Waals surface area contributed by atoms with Crippen LogP contribution in [-0.4, -0.2) is 20.1 Å². The van der Waals surface area contributed by atoms with E-state index in [9.17, 15) is 13.2 Å². The second-order valence-electron chi connectivity index (χ2n) is 4.80. The van der Waals surface area contributed by atoms with Gasteiger partial charge in [0.15, 0.2) is 0 Å². The highest BCUT2D eigenvalue weighted by molar-refractivity contribution is 7.90. The van der Waals surface area contributed by atoms with Gasteiger partial charge in [-0.15, -0.1) is 0 Å². The van der Waals surface area contributed by atoms with Crippen molar-refractivity contribution in [3.8, 4) is 0 Å². The van der Waals surface area contributed by atoms with Crippen LogP contribution in [0, 0.1) is 12.8 Å². The highest BCUT2D eigenvalue weighted by Gasteiger charge is 2.24. The van der Waals surface area contributed by atoms with Gasteiger partial charge < -0.3 is 4.42 Å². The summed E-state index contributed by atoms with van der Waals surface area (Å²) in [5.41, 5.74) is 0. The SMILES string of the molecule is Cc1ccc(/C=C/C(=O)NS(=O)(=O)CCC2CC2)o1. The summed E-state index contributed by atoms with van der Waals surface area (Å²) in [5.74, 6) is 1.13. The van der Waals surface area contributed by atoms with Gasteiger partial charge in [-0.1, -0.05) is 12.8 Å².